The van der Waals surface area contributed by atoms with E-state index in [-0.39, 0.29) is 12.1 Å². The standard InChI is InChI=1S/C22H28N4O4/c1-6-29-19(27)17-8-7-16(11-14(17)2)24-20-23-12-15-9-10-26(13-18(15)25-20)21(28)30-22(3,4)5/h7-8,11-12H,6,9-10,13H2,1-5H3,(H,23,24,25). The van der Waals surface area contributed by atoms with Gasteiger partial charge in [-0.15, -0.1) is 0 Å². The number of carbonyl (C=O) groups is 2. The van der Waals surface area contributed by atoms with Crippen LogP contribution >= 0.6 is 0 Å². The monoisotopic (exact) mass is 412 g/mol. The third-order valence-corrected chi connectivity index (χ3v) is 4.58. The number of rotatable bonds is 4. The molecule has 0 saturated carbocycles. The Morgan fingerprint density at radius 2 is 2.03 bits per heavy atom. The van der Waals surface area contributed by atoms with Crippen LogP contribution in [0.2, 0.25) is 0 Å². The molecule has 0 spiro atoms. The quantitative estimate of drug-likeness (QED) is 0.759. The predicted molar refractivity (Wildman–Crippen MR) is 113 cm³/mol. The second kappa shape index (κ2) is 8.69. The van der Waals surface area contributed by atoms with E-state index in [0.717, 1.165) is 22.5 Å². The van der Waals surface area contributed by atoms with Crippen molar-refractivity contribution < 1.29 is 19.1 Å². The molecule has 1 amide bonds. The number of hydrogen-bond acceptors (Lipinski definition) is 7. The summed E-state index contributed by atoms with van der Waals surface area (Å²) in [6.07, 6.45) is 2.13. The van der Waals surface area contributed by atoms with Crippen molar-refractivity contribution in [3.05, 3.63) is 46.8 Å². The Morgan fingerprint density at radius 1 is 1.27 bits per heavy atom. The highest BCUT2D eigenvalue weighted by Gasteiger charge is 2.26. The maximum atomic E-state index is 12.4. The number of amides is 1. The van der Waals surface area contributed by atoms with Crippen LogP contribution < -0.4 is 5.32 Å². The second-order valence-electron chi connectivity index (χ2n) is 8.19. The Hall–Kier alpha value is -3.16. The van der Waals surface area contributed by atoms with Crippen molar-refractivity contribution in [1.82, 2.24) is 14.9 Å². The molecule has 0 fully saturated rings. The Labute approximate surface area is 176 Å². The summed E-state index contributed by atoms with van der Waals surface area (Å²) in [5.74, 6) is 0.0943. The SMILES string of the molecule is CCOC(=O)c1ccc(Nc2ncc3c(n2)CN(C(=O)OC(C)(C)C)CC3)cc1C. The van der Waals surface area contributed by atoms with E-state index in [9.17, 15) is 9.59 Å². The maximum Gasteiger partial charge on any atom is 0.410 e. The molecule has 1 aliphatic heterocycles. The number of aryl methyl sites for hydroxylation is 1. The molecule has 1 aromatic carbocycles. The van der Waals surface area contributed by atoms with Crippen molar-refractivity contribution in [3.63, 3.8) is 0 Å². The molecule has 1 aliphatic rings. The highest BCUT2D eigenvalue weighted by molar-refractivity contribution is 5.91. The third-order valence-electron chi connectivity index (χ3n) is 4.58. The molecule has 1 aromatic heterocycles. The van der Waals surface area contributed by atoms with Gasteiger partial charge in [-0.25, -0.2) is 19.6 Å². The smallest absolute Gasteiger partial charge is 0.410 e. The third kappa shape index (κ3) is 5.25. The lowest BCUT2D eigenvalue weighted by Crippen LogP contribution is -2.40. The van der Waals surface area contributed by atoms with Crippen molar-refractivity contribution in [2.45, 2.75) is 53.2 Å². The number of esters is 1. The van der Waals surface area contributed by atoms with Gasteiger partial charge >= 0.3 is 12.1 Å². The molecule has 8 nitrogen and oxygen atoms in total. The van der Waals surface area contributed by atoms with Gasteiger partial charge in [-0.05, 0) is 70.4 Å². The van der Waals surface area contributed by atoms with Crippen molar-refractivity contribution in [1.29, 1.82) is 0 Å². The van der Waals surface area contributed by atoms with Gasteiger partial charge in [-0.2, -0.15) is 0 Å². The first kappa shape index (κ1) is 21.5. The fourth-order valence-electron chi connectivity index (χ4n) is 3.15. The fraction of sp³-hybridized carbons (Fsp3) is 0.455. The molecule has 3 rings (SSSR count). The maximum absolute atomic E-state index is 12.4. The average molecular weight is 412 g/mol. The topological polar surface area (TPSA) is 93.6 Å². The van der Waals surface area contributed by atoms with Gasteiger partial charge in [0, 0.05) is 18.4 Å². The van der Waals surface area contributed by atoms with Crippen LogP contribution in [0.25, 0.3) is 0 Å². The number of nitrogens with one attached hydrogen (secondary N) is 1. The molecule has 160 valence electrons. The largest absolute Gasteiger partial charge is 0.462 e. The number of aromatic nitrogens is 2. The number of nitrogens with zero attached hydrogens (tertiary/aromatic N) is 3. The first-order valence-corrected chi connectivity index (χ1v) is 10.0. The molecule has 2 heterocycles. The van der Waals surface area contributed by atoms with E-state index in [2.05, 4.69) is 15.3 Å². The molecule has 8 heteroatoms. The number of hydrogen-bond donors (Lipinski definition) is 1. The van der Waals surface area contributed by atoms with E-state index < -0.39 is 5.60 Å². The fourth-order valence-corrected chi connectivity index (χ4v) is 3.15. The number of fused-ring (bicyclic) bond motifs is 1. The molecular weight excluding hydrogens is 384 g/mol. The van der Waals surface area contributed by atoms with Crippen molar-refractivity contribution in [3.8, 4) is 0 Å². The van der Waals surface area contributed by atoms with E-state index in [1.54, 1.807) is 30.2 Å². The summed E-state index contributed by atoms with van der Waals surface area (Å²) < 4.78 is 10.5. The van der Waals surface area contributed by atoms with Crippen LogP contribution in [0, 0.1) is 6.92 Å². The first-order valence-electron chi connectivity index (χ1n) is 10.0. The molecule has 30 heavy (non-hydrogen) atoms. The van der Waals surface area contributed by atoms with Crippen LogP contribution in [0.3, 0.4) is 0 Å². The Balaban J connectivity index is 1.73. The summed E-state index contributed by atoms with van der Waals surface area (Å²) in [4.78, 5) is 35.0. The number of carbonyl (C=O) groups excluding carboxylic acids is 2. The zero-order chi connectivity index (χ0) is 21.9. The van der Waals surface area contributed by atoms with E-state index in [1.807, 2.05) is 33.8 Å². The van der Waals surface area contributed by atoms with Gasteiger partial charge in [0.25, 0.3) is 0 Å². The van der Waals surface area contributed by atoms with Gasteiger partial charge in [-0.1, -0.05) is 0 Å². The summed E-state index contributed by atoms with van der Waals surface area (Å²) in [6, 6.07) is 5.36. The van der Waals surface area contributed by atoms with Crippen LogP contribution in [0.5, 0.6) is 0 Å². The highest BCUT2D eigenvalue weighted by Crippen LogP contribution is 2.23. The zero-order valence-corrected chi connectivity index (χ0v) is 18.1. The van der Waals surface area contributed by atoms with Crippen LogP contribution in [0.15, 0.2) is 24.4 Å². The van der Waals surface area contributed by atoms with Gasteiger partial charge in [0.05, 0.1) is 24.4 Å². The number of ether oxygens (including phenoxy) is 2. The van der Waals surface area contributed by atoms with Gasteiger partial charge in [0.15, 0.2) is 0 Å². The van der Waals surface area contributed by atoms with Crippen LogP contribution in [-0.2, 0) is 22.4 Å². The highest BCUT2D eigenvalue weighted by atomic mass is 16.6. The van der Waals surface area contributed by atoms with Gasteiger partial charge in [-0.3, -0.25) is 0 Å². The summed E-state index contributed by atoms with van der Waals surface area (Å²) in [5, 5.41) is 3.17. The van der Waals surface area contributed by atoms with Crippen molar-refractivity contribution >= 4 is 23.7 Å². The van der Waals surface area contributed by atoms with Gasteiger partial charge < -0.3 is 19.7 Å². The molecular formula is C22H28N4O4. The number of anilines is 2. The molecule has 0 unspecified atom stereocenters. The van der Waals surface area contributed by atoms with Gasteiger partial charge in [0.1, 0.15) is 5.60 Å². The summed E-state index contributed by atoms with van der Waals surface area (Å²) in [7, 11) is 0. The number of benzene rings is 1. The molecule has 0 bridgehead atoms. The molecule has 1 N–H and O–H groups in total. The molecule has 0 radical (unpaired) electrons. The van der Waals surface area contributed by atoms with Crippen molar-refractivity contribution in [2.24, 2.45) is 0 Å². The van der Waals surface area contributed by atoms with Crippen LogP contribution in [-0.4, -0.2) is 45.7 Å². The van der Waals surface area contributed by atoms with Crippen LogP contribution in [0.4, 0.5) is 16.4 Å². The van der Waals surface area contributed by atoms with Crippen LogP contribution in [0.1, 0.15) is 54.9 Å². The molecule has 0 atom stereocenters. The molecule has 0 saturated heterocycles. The van der Waals surface area contributed by atoms with E-state index in [1.165, 1.54) is 0 Å². The van der Waals surface area contributed by atoms with Gasteiger partial charge in [0.2, 0.25) is 5.95 Å². The molecule has 0 aliphatic carbocycles. The Bertz CT molecular complexity index is 953. The summed E-state index contributed by atoms with van der Waals surface area (Å²) >= 11 is 0. The summed E-state index contributed by atoms with van der Waals surface area (Å²) in [6.45, 7) is 10.5. The van der Waals surface area contributed by atoms with E-state index in [0.29, 0.717) is 37.6 Å². The lowest BCUT2D eigenvalue weighted by molar-refractivity contribution is 0.0220. The minimum absolute atomic E-state index is 0.335. The van der Waals surface area contributed by atoms with Crippen molar-refractivity contribution in [2.75, 3.05) is 18.5 Å². The minimum Gasteiger partial charge on any atom is -0.462 e. The summed E-state index contributed by atoms with van der Waals surface area (Å²) in [5.41, 5.74) is 3.37. The van der Waals surface area contributed by atoms with E-state index in [4.69, 9.17) is 9.47 Å². The molecule has 2 aromatic rings. The normalized spacial score (nSPS) is 13.4. The lowest BCUT2D eigenvalue weighted by Gasteiger charge is -2.30. The minimum atomic E-state index is -0.538. The van der Waals surface area contributed by atoms with E-state index >= 15 is 0 Å². The lowest BCUT2D eigenvalue weighted by atomic mass is 10.1. The predicted octanol–water partition coefficient (Wildman–Crippen LogP) is 4.00. The first-order chi connectivity index (χ1) is 14.2. The average Bonchev–Trinajstić information content (AvgIpc) is 2.66. The zero-order valence-electron chi connectivity index (χ0n) is 18.1. The Kier molecular flexibility index (Phi) is 6.24. The second-order valence-corrected chi connectivity index (χ2v) is 8.19. The Morgan fingerprint density at radius 3 is 2.70 bits per heavy atom.